The van der Waals surface area contributed by atoms with Crippen LogP contribution in [-0.2, 0) is 14.3 Å². The van der Waals surface area contributed by atoms with Gasteiger partial charge in [0.1, 0.15) is 0 Å². The third kappa shape index (κ3) is 2.06. The smallest absolute Gasteiger partial charge is 0.234 e. The summed E-state index contributed by atoms with van der Waals surface area (Å²) in [5.74, 6) is 0.0898. The minimum Gasteiger partial charge on any atom is -0.379 e. The van der Waals surface area contributed by atoms with E-state index in [-0.39, 0.29) is 23.7 Å². The van der Waals surface area contributed by atoms with Gasteiger partial charge >= 0.3 is 0 Å². The highest BCUT2D eigenvalue weighted by atomic mass is 16.5. The van der Waals surface area contributed by atoms with E-state index in [1.54, 1.807) is 0 Å². The van der Waals surface area contributed by atoms with E-state index in [0.717, 1.165) is 38.8 Å². The van der Waals surface area contributed by atoms with Crippen molar-refractivity contribution in [3.8, 4) is 0 Å². The first-order chi connectivity index (χ1) is 8.77. The minimum atomic E-state index is -0.0210. The Kier molecular flexibility index (Phi) is 3.35. The summed E-state index contributed by atoms with van der Waals surface area (Å²) in [4.78, 5) is 28.2. The molecule has 2 heterocycles. The summed E-state index contributed by atoms with van der Waals surface area (Å²) in [6, 6.07) is 0. The first-order valence-electron chi connectivity index (χ1n) is 6.92. The highest BCUT2D eigenvalue weighted by Crippen LogP contribution is 2.37. The Labute approximate surface area is 107 Å². The maximum absolute atomic E-state index is 12.3. The van der Waals surface area contributed by atoms with Gasteiger partial charge in [0.2, 0.25) is 11.8 Å². The summed E-state index contributed by atoms with van der Waals surface area (Å²) in [5, 5.41) is 0. The predicted molar refractivity (Wildman–Crippen MR) is 64.6 cm³/mol. The standard InChI is InChI=1S/C13H20N2O3/c16-12-10-3-1-2-4-11(10)13(17)15(12)9-14-5-7-18-8-6-14/h10-11H,1-9H2. The first kappa shape index (κ1) is 12.1. The van der Waals surface area contributed by atoms with Crippen LogP contribution < -0.4 is 0 Å². The Morgan fingerprint density at radius 2 is 1.56 bits per heavy atom. The van der Waals surface area contributed by atoms with E-state index in [9.17, 15) is 9.59 Å². The van der Waals surface area contributed by atoms with Crippen LogP contribution in [0.3, 0.4) is 0 Å². The van der Waals surface area contributed by atoms with Crippen molar-refractivity contribution in [3.05, 3.63) is 0 Å². The summed E-state index contributed by atoms with van der Waals surface area (Å²) >= 11 is 0. The van der Waals surface area contributed by atoms with E-state index in [1.807, 2.05) is 0 Å². The van der Waals surface area contributed by atoms with E-state index < -0.39 is 0 Å². The molecular formula is C13H20N2O3. The van der Waals surface area contributed by atoms with Gasteiger partial charge in [0.05, 0.1) is 31.7 Å². The van der Waals surface area contributed by atoms with Crippen LogP contribution in [0.5, 0.6) is 0 Å². The minimum absolute atomic E-state index is 0.0210. The number of fused-ring (bicyclic) bond motifs is 1. The van der Waals surface area contributed by atoms with Crippen molar-refractivity contribution in [1.82, 2.24) is 9.80 Å². The molecule has 1 aliphatic carbocycles. The van der Waals surface area contributed by atoms with Crippen LogP contribution in [0.25, 0.3) is 0 Å². The maximum atomic E-state index is 12.3. The second-order valence-corrected chi connectivity index (χ2v) is 5.47. The van der Waals surface area contributed by atoms with Crippen LogP contribution in [-0.4, -0.2) is 54.6 Å². The number of likely N-dealkylation sites (tertiary alicyclic amines) is 1. The van der Waals surface area contributed by atoms with Gasteiger partial charge in [0.15, 0.2) is 0 Å². The molecule has 0 aromatic rings. The molecule has 18 heavy (non-hydrogen) atoms. The molecule has 0 aromatic carbocycles. The Morgan fingerprint density at radius 3 is 2.11 bits per heavy atom. The Balaban J connectivity index is 1.68. The van der Waals surface area contributed by atoms with Gasteiger partial charge in [-0.15, -0.1) is 0 Å². The van der Waals surface area contributed by atoms with E-state index >= 15 is 0 Å². The number of hydrogen-bond donors (Lipinski definition) is 0. The topological polar surface area (TPSA) is 49.9 Å². The molecule has 100 valence electrons. The number of ether oxygens (including phenoxy) is 1. The van der Waals surface area contributed by atoms with Crippen molar-refractivity contribution in [3.63, 3.8) is 0 Å². The monoisotopic (exact) mass is 252 g/mol. The largest absolute Gasteiger partial charge is 0.379 e. The first-order valence-corrected chi connectivity index (χ1v) is 6.92. The second kappa shape index (κ2) is 4.97. The van der Waals surface area contributed by atoms with Crippen molar-refractivity contribution < 1.29 is 14.3 Å². The zero-order chi connectivity index (χ0) is 12.5. The van der Waals surface area contributed by atoms with Crippen molar-refractivity contribution in [2.24, 2.45) is 11.8 Å². The number of morpholine rings is 1. The molecule has 2 aliphatic heterocycles. The Bertz CT molecular complexity index is 328. The summed E-state index contributed by atoms with van der Waals surface area (Å²) in [6.07, 6.45) is 3.97. The molecule has 5 nitrogen and oxygen atoms in total. The molecule has 1 saturated carbocycles. The van der Waals surface area contributed by atoms with Gasteiger partial charge < -0.3 is 4.74 Å². The average Bonchev–Trinajstić information content (AvgIpc) is 2.66. The molecule has 2 unspecified atom stereocenters. The fraction of sp³-hybridized carbons (Fsp3) is 0.846. The normalized spacial score (nSPS) is 33.9. The number of carbonyl (C=O) groups is 2. The number of imide groups is 1. The molecule has 0 spiro atoms. The van der Waals surface area contributed by atoms with Crippen molar-refractivity contribution >= 4 is 11.8 Å². The molecule has 3 rings (SSSR count). The van der Waals surface area contributed by atoms with Gasteiger partial charge in [-0.3, -0.25) is 19.4 Å². The molecule has 0 N–H and O–H groups in total. The van der Waals surface area contributed by atoms with Gasteiger partial charge in [0, 0.05) is 13.1 Å². The molecule has 3 fully saturated rings. The SMILES string of the molecule is O=C1C2CCCCC2C(=O)N1CN1CCOCC1. The second-order valence-electron chi connectivity index (χ2n) is 5.47. The molecule has 0 bridgehead atoms. The highest BCUT2D eigenvalue weighted by Gasteiger charge is 2.48. The van der Waals surface area contributed by atoms with Crippen molar-refractivity contribution in [2.75, 3.05) is 33.0 Å². The lowest BCUT2D eigenvalue weighted by Gasteiger charge is -2.29. The lowest BCUT2D eigenvalue weighted by molar-refractivity contribution is -0.143. The van der Waals surface area contributed by atoms with Crippen LogP contribution in [0.15, 0.2) is 0 Å². The molecule has 3 aliphatic rings. The fourth-order valence-corrected chi connectivity index (χ4v) is 3.31. The zero-order valence-electron chi connectivity index (χ0n) is 10.6. The fourth-order valence-electron chi connectivity index (χ4n) is 3.31. The van der Waals surface area contributed by atoms with Gasteiger partial charge in [-0.2, -0.15) is 0 Å². The number of rotatable bonds is 2. The number of amides is 2. The van der Waals surface area contributed by atoms with Crippen LogP contribution >= 0.6 is 0 Å². The molecule has 0 aromatic heterocycles. The lowest BCUT2D eigenvalue weighted by Crippen LogP contribution is -2.46. The molecule has 2 amide bonds. The van der Waals surface area contributed by atoms with Gasteiger partial charge in [-0.1, -0.05) is 12.8 Å². The summed E-state index contributed by atoms with van der Waals surface area (Å²) < 4.78 is 5.28. The third-order valence-electron chi connectivity index (χ3n) is 4.38. The van der Waals surface area contributed by atoms with E-state index in [1.165, 1.54) is 4.90 Å². The van der Waals surface area contributed by atoms with Gasteiger partial charge in [0.25, 0.3) is 0 Å². The van der Waals surface area contributed by atoms with E-state index in [4.69, 9.17) is 4.74 Å². The number of nitrogens with zero attached hydrogens (tertiary/aromatic N) is 2. The molecular weight excluding hydrogens is 232 g/mol. The zero-order valence-corrected chi connectivity index (χ0v) is 10.6. The molecule has 2 atom stereocenters. The van der Waals surface area contributed by atoms with Gasteiger partial charge in [-0.25, -0.2) is 0 Å². The predicted octanol–water partition coefficient (Wildman–Crippen LogP) is 0.451. The lowest BCUT2D eigenvalue weighted by atomic mass is 9.81. The maximum Gasteiger partial charge on any atom is 0.234 e. The molecule has 2 saturated heterocycles. The average molecular weight is 252 g/mol. The van der Waals surface area contributed by atoms with Crippen LogP contribution in [0.2, 0.25) is 0 Å². The summed E-state index contributed by atoms with van der Waals surface area (Å²) in [6.45, 7) is 3.49. The van der Waals surface area contributed by atoms with E-state index in [2.05, 4.69) is 4.90 Å². The van der Waals surface area contributed by atoms with Crippen molar-refractivity contribution in [2.45, 2.75) is 25.7 Å². The number of hydrogen-bond acceptors (Lipinski definition) is 4. The molecule has 0 radical (unpaired) electrons. The number of carbonyl (C=O) groups excluding carboxylic acids is 2. The van der Waals surface area contributed by atoms with Crippen LogP contribution in [0.1, 0.15) is 25.7 Å². The quantitative estimate of drug-likeness (QED) is 0.670. The van der Waals surface area contributed by atoms with Crippen molar-refractivity contribution in [1.29, 1.82) is 0 Å². The summed E-state index contributed by atoms with van der Waals surface area (Å²) in [7, 11) is 0. The Hall–Kier alpha value is -0.940. The van der Waals surface area contributed by atoms with Crippen LogP contribution in [0.4, 0.5) is 0 Å². The Morgan fingerprint density at radius 1 is 1.00 bits per heavy atom. The van der Waals surface area contributed by atoms with Gasteiger partial charge in [-0.05, 0) is 12.8 Å². The van der Waals surface area contributed by atoms with E-state index in [0.29, 0.717) is 19.9 Å². The molecule has 5 heteroatoms. The third-order valence-corrected chi connectivity index (χ3v) is 4.38. The van der Waals surface area contributed by atoms with Crippen LogP contribution in [0, 0.1) is 11.8 Å². The summed E-state index contributed by atoms with van der Waals surface area (Å²) in [5.41, 5.74) is 0. The highest BCUT2D eigenvalue weighted by molar-refractivity contribution is 6.05.